The fourth-order valence-electron chi connectivity index (χ4n) is 1.52. The lowest BCUT2D eigenvalue weighted by atomic mass is 9.95. The summed E-state index contributed by atoms with van der Waals surface area (Å²) >= 11 is 0. The zero-order valence-electron chi connectivity index (χ0n) is 8.98. The molecule has 0 aliphatic rings. The summed E-state index contributed by atoms with van der Waals surface area (Å²) < 4.78 is 0. The van der Waals surface area contributed by atoms with Crippen LogP contribution in [0.4, 0.5) is 0 Å². The minimum Gasteiger partial charge on any atom is -0.303 e. The Bertz CT molecular complexity index is 317. The number of benzene rings is 1. The van der Waals surface area contributed by atoms with Crippen molar-refractivity contribution in [2.24, 2.45) is 5.92 Å². The Balaban J connectivity index is 2.47. The molecule has 2 heteroatoms. The van der Waals surface area contributed by atoms with Crippen LogP contribution in [0.15, 0.2) is 30.3 Å². The Morgan fingerprint density at radius 2 is 2.00 bits per heavy atom. The van der Waals surface area contributed by atoms with E-state index in [0.717, 1.165) is 18.3 Å². The van der Waals surface area contributed by atoms with Crippen molar-refractivity contribution in [3.63, 3.8) is 0 Å². The van der Waals surface area contributed by atoms with Crippen molar-refractivity contribution < 1.29 is 9.59 Å². The van der Waals surface area contributed by atoms with Gasteiger partial charge in [0.05, 0.1) is 0 Å². The molecular weight excluding hydrogens is 188 g/mol. The van der Waals surface area contributed by atoms with E-state index in [0.29, 0.717) is 12.8 Å². The summed E-state index contributed by atoms with van der Waals surface area (Å²) in [6.07, 6.45) is 2.84. The molecule has 15 heavy (non-hydrogen) atoms. The summed E-state index contributed by atoms with van der Waals surface area (Å²) in [5.41, 5.74) is 1.15. The molecule has 0 radical (unpaired) electrons. The van der Waals surface area contributed by atoms with Crippen molar-refractivity contribution >= 4 is 12.1 Å². The Labute approximate surface area is 90.3 Å². The lowest BCUT2D eigenvalue weighted by Crippen LogP contribution is -2.08. The largest absolute Gasteiger partial charge is 0.303 e. The zero-order valence-corrected chi connectivity index (χ0v) is 8.98. The highest BCUT2D eigenvalue weighted by molar-refractivity contribution is 5.75. The number of Topliss-reactive ketones (excluding diaryl/α,β-unsaturated/α-hetero) is 1. The Morgan fingerprint density at radius 1 is 1.33 bits per heavy atom. The first-order chi connectivity index (χ1) is 7.22. The molecule has 0 unspecified atom stereocenters. The van der Waals surface area contributed by atoms with Gasteiger partial charge in [-0.1, -0.05) is 30.3 Å². The molecule has 2 nitrogen and oxygen atoms in total. The van der Waals surface area contributed by atoms with Crippen LogP contribution < -0.4 is 0 Å². The van der Waals surface area contributed by atoms with Crippen LogP contribution in [0.25, 0.3) is 0 Å². The summed E-state index contributed by atoms with van der Waals surface area (Å²) in [6.45, 7) is 1.56. The van der Waals surface area contributed by atoms with Crippen molar-refractivity contribution in [3.05, 3.63) is 35.9 Å². The van der Waals surface area contributed by atoms with Crippen LogP contribution in [0, 0.1) is 5.92 Å². The lowest BCUT2D eigenvalue weighted by molar-refractivity contribution is -0.117. The van der Waals surface area contributed by atoms with Gasteiger partial charge in [-0.05, 0) is 25.3 Å². The maximum absolute atomic E-state index is 10.8. The molecule has 0 saturated carbocycles. The molecule has 0 saturated heterocycles. The molecule has 0 N–H and O–H groups in total. The van der Waals surface area contributed by atoms with Crippen LogP contribution in [-0.2, 0) is 16.0 Å². The zero-order chi connectivity index (χ0) is 11.1. The molecule has 0 spiro atoms. The van der Waals surface area contributed by atoms with E-state index in [9.17, 15) is 9.59 Å². The average molecular weight is 204 g/mol. The van der Waals surface area contributed by atoms with Gasteiger partial charge in [0.2, 0.25) is 0 Å². The van der Waals surface area contributed by atoms with E-state index in [1.165, 1.54) is 0 Å². The van der Waals surface area contributed by atoms with E-state index in [4.69, 9.17) is 0 Å². The topological polar surface area (TPSA) is 34.1 Å². The minimum absolute atomic E-state index is 0.0312. The molecule has 80 valence electrons. The highest BCUT2D eigenvalue weighted by Gasteiger charge is 2.09. The van der Waals surface area contributed by atoms with Gasteiger partial charge in [-0.2, -0.15) is 0 Å². The molecule has 0 amide bonds. The Hall–Kier alpha value is -1.44. The molecule has 0 aliphatic heterocycles. The second kappa shape index (κ2) is 6.12. The highest BCUT2D eigenvalue weighted by atomic mass is 16.1. The number of hydrogen-bond acceptors (Lipinski definition) is 2. The molecular formula is C13H16O2. The predicted octanol–water partition coefficient (Wildman–Crippen LogP) is 2.41. The summed E-state index contributed by atoms with van der Waals surface area (Å²) in [4.78, 5) is 21.6. The molecule has 0 heterocycles. The quantitative estimate of drug-likeness (QED) is 0.667. The number of carbonyl (C=O) groups is 2. The summed E-state index contributed by atoms with van der Waals surface area (Å²) in [7, 11) is 0. The van der Waals surface area contributed by atoms with Crippen LogP contribution in [0.3, 0.4) is 0 Å². The SMILES string of the molecule is CC(=O)CC[C@@H](C=O)Cc1ccccc1. The molecule has 1 aromatic carbocycles. The average Bonchev–Trinajstić information content (AvgIpc) is 2.25. The monoisotopic (exact) mass is 204 g/mol. The first-order valence-corrected chi connectivity index (χ1v) is 5.21. The van der Waals surface area contributed by atoms with Gasteiger partial charge in [-0.3, -0.25) is 0 Å². The fraction of sp³-hybridized carbons (Fsp3) is 0.385. The smallest absolute Gasteiger partial charge is 0.129 e. The Morgan fingerprint density at radius 3 is 2.53 bits per heavy atom. The van der Waals surface area contributed by atoms with Crippen LogP contribution in [0.2, 0.25) is 0 Å². The standard InChI is InChI=1S/C13H16O2/c1-11(15)7-8-13(10-14)9-12-5-3-2-4-6-12/h2-6,10,13H,7-9H2,1H3/t13-/m1/s1. The van der Waals surface area contributed by atoms with Crippen molar-refractivity contribution in [2.45, 2.75) is 26.2 Å². The third kappa shape index (κ3) is 4.54. The van der Waals surface area contributed by atoms with Gasteiger partial charge in [-0.15, -0.1) is 0 Å². The third-order valence-corrected chi connectivity index (χ3v) is 2.40. The number of aldehydes is 1. The molecule has 0 aromatic heterocycles. The first kappa shape index (κ1) is 11.6. The van der Waals surface area contributed by atoms with Gasteiger partial charge >= 0.3 is 0 Å². The van der Waals surface area contributed by atoms with E-state index in [1.807, 2.05) is 30.3 Å². The molecule has 1 atom stereocenters. The normalized spacial score (nSPS) is 12.1. The molecule has 0 aliphatic carbocycles. The molecule has 1 rings (SSSR count). The van der Waals surface area contributed by atoms with E-state index in [1.54, 1.807) is 6.92 Å². The highest BCUT2D eigenvalue weighted by Crippen LogP contribution is 2.12. The van der Waals surface area contributed by atoms with Crippen LogP contribution in [0.1, 0.15) is 25.3 Å². The van der Waals surface area contributed by atoms with Crippen molar-refractivity contribution in [1.82, 2.24) is 0 Å². The number of carbonyl (C=O) groups excluding carboxylic acids is 2. The van der Waals surface area contributed by atoms with Gasteiger partial charge in [-0.25, -0.2) is 0 Å². The van der Waals surface area contributed by atoms with Gasteiger partial charge in [0.1, 0.15) is 12.1 Å². The molecule has 0 bridgehead atoms. The number of ketones is 1. The van der Waals surface area contributed by atoms with Crippen molar-refractivity contribution in [2.75, 3.05) is 0 Å². The lowest BCUT2D eigenvalue weighted by Gasteiger charge is -2.08. The van der Waals surface area contributed by atoms with Crippen LogP contribution in [-0.4, -0.2) is 12.1 Å². The van der Waals surface area contributed by atoms with Crippen molar-refractivity contribution in [1.29, 1.82) is 0 Å². The maximum Gasteiger partial charge on any atom is 0.129 e. The maximum atomic E-state index is 10.8. The first-order valence-electron chi connectivity index (χ1n) is 5.21. The van der Waals surface area contributed by atoms with E-state index in [2.05, 4.69) is 0 Å². The van der Waals surface area contributed by atoms with Crippen LogP contribution in [0.5, 0.6) is 0 Å². The Kier molecular flexibility index (Phi) is 4.75. The van der Waals surface area contributed by atoms with Gasteiger partial charge in [0.15, 0.2) is 0 Å². The van der Waals surface area contributed by atoms with Crippen molar-refractivity contribution in [3.8, 4) is 0 Å². The predicted molar refractivity (Wildman–Crippen MR) is 59.6 cm³/mol. The third-order valence-electron chi connectivity index (χ3n) is 2.40. The van der Waals surface area contributed by atoms with E-state index < -0.39 is 0 Å². The minimum atomic E-state index is -0.0312. The molecule has 1 aromatic rings. The second-order valence-electron chi connectivity index (χ2n) is 3.83. The van der Waals surface area contributed by atoms with Gasteiger partial charge in [0, 0.05) is 12.3 Å². The number of rotatable bonds is 6. The van der Waals surface area contributed by atoms with Gasteiger partial charge < -0.3 is 9.59 Å². The van der Waals surface area contributed by atoms with E-state index >= 15 is 0 Å². The summed E-state index contributed by atoms with van der Waals surface area (Å²) in [5.74, 6) is 0.117. The second-order valence-corrected chi connectivity index (χ2v) is 3.83. The summed E-state index contributed by atoms with van der Waals surface area (Å²) in [5, 5.41) is 0. The molecule has 0 fully saturated rings. The van der Waals surface area contributed by atoms with E-state index in [-0.39, 0.29) is 11.7 Å². The fourth-order valence-corrected chi connectivity index (χ4v) is 1.52. The van der Waals surface area contributed by atoms with Gasteiger partial charge in [0.25, 0.3) is 0 Å². The summed E-state index contributed by atoms with van der Waals surface area (Å²) in [6, 6.07) is 9.88. The number of hydrogen-bond donors (Lipinski definition) is 0. The van der Waals surface area contributed by atoms with Crippen LogP contribution >= 0.6 is 0 Å².